The van der Waals surface area contributed by atoms with Crippen LogP contribution in [0.4, 0.5) is 0 Å². The molecule has 0 rings (SSSR count). The van der Waals surface area contributed by atoms with E-state index in [1.165, 1.54) is 18.7 Å². The summed E-state index contributed by atoms with van der Waals surface area (Å²) in [6, 6.07) is -6.65. The molecule has 0 aromatic heterocycles. The predicted molar refractivity (Wildman–Crippen MR) is 161 cm³/mol. The van der Waals surface area contributed by atoms with Crippen LogP contribution in [0, 0.1) is 5.92 Å². The second kappa shape index (κ2) is 21.3. The summed E-state index contributed by atoms with van der Waals surface area (Å²) in [6.07, 6.45) is 0.698. The van der Waals surface area contributed by atoms with Gasteiger partial charge in [0, 0.05) is 0 Å². The zero-order chi connectivity index (χ0) is 34.0. The van der Waals surface area contributed by atoms with Crippen molar-refractivity contribution < 1.29 is 48.9 Å². The van der Waals surface area contributed by atoms with E-state index in [4.69, 9.17) is 16.6 Å². The molecule has 44 heavy (non-hydrogen) atoms. The zero-order valence-corrected chi connectivity index (χ0v) is 26.3. The Hall–Kier alpha value is -3.48. The molecule has 0 aromatic rings. The molecule has 0 aliphatic rings. The van der Waals surface area contributed by atoms with E-state index in [-0.39, 0.29) is 12.8 Å². The van der Waals surface area contributed by atoms with Gasteiger partial charge in [-0.05, 0) is 57.1 Å². The number of hydrogen-bond donors (Lipinski definition) is 10. The van der Waals surface area contributed by atoms with Crippen LogP contribution in [0.15, 0.2) is 0 Å². The summed E-state index contributed by atoms with van der Waals surface area (Å²) < 4.78 is 0. The van der Waals surface area contributed by atoms with Gasteiger partial charge in [-0.2, -0.15) is 11.8 Å². The second-order valence-electron chi connectivity index (χ2n) is 10.5. The quantitative estimate of drug-likeness (QED) is 0.0519. The summed E-state index contributed by atoms with van der Waals surface area (Å²) in [7, 11) is 0. The van der Waals surface area contributed by atoms with Gasteiger partial charge in [-0.1, -0.05) is 13.8 Å². The first-order valence-corrected chi connectivity index (χ1v) is 15.5. The van der Waals surface area contributed by atoms with Crippen molar-refractivity contribution in [2.24, 2.45) is 17.4 Å². The van der Waals surface area contributed by atoms with Crippen molar-refractivity contribution in [3.05, 3.63) is 0 Å². The van der Waals surface area contributed by atoms with Gasteiger partial charge in [0.25, 0.3) is 0 Å². The van der Waals surface area contributed by atoms with Crippen LogP contribution in [0.5, 0.6) is 0 Å². The molecule has 0 aromatic carbocycles. The minimum absolute atomic E-state index is 0.0714. The van der Waals surface area contributed by atoms with E-state index in [9.17, 15) is 43.8 Å². The summed E-state index contributed by atoms with van der Waals surface area (Å²) in [5.74, 6) is -7.08. The Balaban J connectivity index is 5.93. The van der Waals surface area contributed by atoms with Gasteiger partial charge in [0.2, 0.25) is 29.5 Å². The highest BCUT2D eigenvalue weighted by Gasteiger charge is 2.33. The van der Waals surface area contributed by atoms with Gasteiger partial charge in [-0.3, -0.25) is 33.6 Å². The lowest BCUT2D eigenvalue weighted by Crippen LogP contribution is -2.60. The van der Waals surface area contributed by atoms with Crippen LogP contribution in [0.25, 0.3) is 0 Å². The lowest BCUT2D eigenvalue weighted by atomic mass is 10.0. The first-order chi connectivity index (χ1) is 20.5. The van der Waals surface area contributed by atoms with Crippen LogP contribution in [0.3, 0.4) is 0 Å². The second-order valence-corrected chi connectivity index (χ2v) is 11.4. The number of aliphatic carboxylic acids is 2. The van der Waals surface area contributed by atoms with Crippen molar-refractivity contribution >= 4 is 53.2 Å². The third-order valence-electron chi connectivity index (χ3n) is 6.32. The molecule has 252 valence electrons. The first kappa shape index (κ1) is 40.5. The van der Waals surface area contributed by atoms with Crippen molar-refractivity contribution in [1.82, 2.24) is 26.6 Å². The highest BCUT2D eigenvalue weighted by molar-refractivity contribution is 7.98. The lowest BCUT2D eigenvalue weighted by Gasteiger charge is -2.27. The highest BCUT2D eigenvalue weighted by atomic mass is 32.2. The lowest BCUT2D eigenvalue weighted by molar-refractivity contribution is -0.141. The number of carbonyl (C=O) groups is 7. The van der Waals surface area contributed by atoms with E-state index < -0.39 is 96.7 Å². The predicted octanol–water partition coefficient (Wildman–Crippen LogP) is -3.15. The van der Waals surface area contributed by atoms with Crippen LogP contribution in [0.2, 0.25) is 0 Å². The van der Waals surface area contributed by atoms with Crippen molar-refractivity contribution in [3.8, 4) is 0 Å². The Labute approximate surface area is 260 Å². The SMILES string of the molecule is CSCC[C@H](NC(=O)[C@H](CC(=O)O)NC(=O)[C@H](CCCCN)NC(=O)[C@@H](N)[C@@H](C)O)C(=O)N[C@H](C(=O)NCC(=O)O)C(C)C. The monoisotopic (exact) mass is 649 g/mol. The maximum atomic E-state index is 13.2. The number of nitrogens with one attached hydrogen (secondary N) is 5. The Morgan fingerprint density at radius 3 is 1.75 bits per heavy atom. The van der Waals surface area contributed by atoms with Crippen LogP contribution in [-0.4, -0.2) is 118 Å². The van der Waals surface area contributed by atoms with E-state index >= 15 is 0 Å². The van der Waals surface area contributed by atoms with Gasteiger partial charge in [0.15, 0.2) is 0 Å². The molecule has 0 fully saturated rings. The molecule has 18 heteroatoms. The normalized spacial score (nSPS) is 15.1. The molecular weight excluding hydrogens is 602 g/mol. The number of hydrogen-bond acceptors (Lipinski definition) is 11. The number of aliphatic hydroxyl groups excluding tert-OH is 1. The minimum atomic E-state index is -1.66. The Bertz CT molecular complexity index is 998. The fourth-order valence-electron chi connectivity index (χ4n) is 3.74. The van der Waals surface area contributed by atoms with Crippen molar-refractivity contribution in [2.45, 2.75) is 89.2 Å². The first-order valence-electron chi connectivity index (χ1n) is 14.1. The van der Waals surface area contributed by atoms with E-state index in [1.54, 1.807) is 20.1 Å². The Kier molecular flexibility index (Phi) is 19.6. The molecule has 0 saturated carbocycles. The number of thioether (sulfide) groups is 1. The maximum Gasteiger partial charge on any atom is 0.322 e. The van der Waals surface area contributed by atoms with Gasteiger partial charge in [0.1, 0.15) is 36.8 Å². The minimum Gasteiger partial charge on any atom is -0.481 e. The van der Waals surface area contributed by atoms with Crippen LogP contribution < -0.4 is 38.1 Å². The number of unbranched alkanes of at least 4 members (excludes halogenated alkanes) is 1. The van der Waals surface area contributed by atoms with Gasteiger partial charge in [0.05, 0.1) is 12.5 Å². The van der Waals surface area contributed by atoms with Crippen molar-refractivity contribution in [3.63, 3.8) is 0 Å². The number of aliphatic hydroxyl groups is 1. The number of carbonyl (C=O) groups excluding carboxylic acids is 5. The largest absolute Gasteiger partial charge is 0.481 e. The molecule has 0 saturated heterocycles. The highest BCUT2D eigenvalue weighted by Crippen LogP contribution is 2.08. The van der Waals surface area contributed by atoms with Crippen LogP contribution >= 0.6 is 11.8 Å². The molecule has 0 spiro atoms. The average molecular weight is 650 g/mol. The molecule has 0 unspecified atom stereocenters. The Morgan fingerprint density at radius 1 is 0.727 bits per heavy atom. The number of rotatable bonds is 22. The fraction of sp³-hybridized carbons (Fsp3) is 0.731. The third kappa shape index (κ3) is 15.8. The van der Waals surface area contributed by atoms with Gasteiger partial charge < -0.3 is 53.4 Å². The smallest absolute Gasteiger partial charge is 0.322 e. The van der Waals surface area contributed by atoms with Gasteiger partial charge in [-0.25, -0.2) is 0 Å². The molecule has 0 bridgehead atoms. The van der Waals surface area contributed by atoms with E-state index in [0.717, 1.165) is 0 Å². The molecule has 5 amide bonds. The average Bonchev–Trinajstić information content (AvgIpc) is 2.94. The molecule has 12 N–H and O–H groups in total. The summed E-state index contributed by atoms with van der Waals surface area (Å²) in [5, 5.41) is 39.7. The Morgan fingerprint density at radius 2 is 1.25 bits per heavy atom. The third-order valence-corrected chi connectivity index (χ3v) is 6.96. The van der Waals surface area contributed by atoms with Crippen LogP contribution in [-0.2, 0) is 33.6 Å². The molecule has 0 aliphatic heterocycles. The number of amides is 5. The zero-order valence-electron chi connectivity index (χ0n) is 25.5. The summed E-state index contributed by atoms with van der Waals surface area (Å²) in [4.78, 5) is 86.9. The number of nitrogens with two attached hydrogens (primary N) is 2. The molecular formula is C26H47N7O10S. The summed E-state index contributed by atoms with van der Waals surface area (Å²) in [5.41, 5.74) is 11.2. The van der Waals surface area contributed by atoms with E-state index in [0.29, 0.717) is 25.1 Å². The summed E-state index contributed by atoms with van der Waals surface area (Å²) >= 11 is 1.35. The molecule has 17 nitrogen and oxygen atoms in total. The van der Waals surface area contributed by atoms with Gasteiger partial charge >= 0.3 is 11.9 Å². The fourth-order valence-corrected chi connectivity index (χ4v) is 4.21. The topological polar surface area (TPSA) is 292 Å². The molecule has 0 heterocycles. The van der Waals surface area contributed by atoms with E-state index in [2.05, 4.69) is 26.6 Å². The van der Waals surface area contributed by atoms with E-state index in [1.807, 2.05) is 0 Å². The number of carboxylic acids is 2. The number of carboxylic acid groups (broad SMARTS) is 2. The molecule has 6 atom stereocenters. The maximum absolute atomic E-state index is 13.2. The van der Waals surface area contributed by atoms with Crippen molar-refractivity contribution in [1.29, 1.82) is 0 Å². The van der Waals surface area contributed by atoms with Gasteiger partial charge in [-0.15, -0.1) is 0 Å². The summed E-state index contributed by atoms with van der Waals surface area (Å²) in [6.45, 7) is 4.17. The molecule has 0 radical (unpaired) electrons. The van der Waals surface area contributed by atoms with Crippen LogP contribution in [0.1, 0.15) is 52.9 Å². The molecule has 0 aliphatic carbocycles. The van der Waals surface area contributed by atoms with Crippen molar-refractivity contribution in [2.75, 3.05) is 25.1 Å². The standard InChI is InChI=1S/C26H47N7O10S/c1-13(2)21(26(43)29-12-19(37)38)33-23(40)16(8-10-44-4)30-24(41)17(11-18(35)36)32-22(39)15(7-5-6-9-27)31-25(42)20(28)14(3)34/h13-17,20-21,34H,5-12,27-28H2,1-4H3,(H,29,43)(H,30,41)(H,31,42)(H,32,39)(H,33,40)(H,35,36)(H,37,38)/t14-,15+,16+,17+,20+,21+/m1/s1.